The molecule has 5 nitrogen and oxygen atoms in total. The molecule has 106 valence electrons. The van der Waals surface area contributed by atoms with Gasteiger partial charge in [-0.2, -0.15) is 5.10 Å². The fourth-order valence-electron chi connectivity index (χ4n) is 3.32. The van der Waals surface area contributed by atoms with Gasteiger partial charge < -0.3 is 15.2 Å². The molecular weight excluding hydrogens is 242 g/mol. The Balaban J connectivity index is 1.70. The molecule has 19 heavy (non-hydrogen) atoms. The van der Waals surface area contributed by atoms with Gasteiger partial charge in [0.2, 0.25) is 0 Å². The topological polar surface area (TPSA) is 62.3 Å². The van der Waals surface area contributed by atoms with Gasteiger partial charge in [-0.25, -0.2) is 0 Å². The highest BCUT2D eigenvalue weighted by atomic mass is 16.5. The maximum Gasteiger partial charge on any atom is 0.0794 e. The van der Waals surface area contributed by atoms with Crippen molar-refractivity contribution in [2.45, 2.75) is 37.3 Å². The van der Waals surface area contributed by atoms with E-state index in [0.29, 0.717) is 5.92 Å². The zero-order chi connectivity index (χ0) is 13.3. The number of ether oxygens (including phenoxy) is 2. The van der Waals surface area contributed by atoms with E-state index in [-0.39, 0.29) is 11.6 Å². The Kier molecular flexibility index (Phi) is 3.60. The van der Waals surface area contributed by atoms with E-state index in [1.807, 2.05) is 24.0 Å². The Morgan fingerprint density at radius 2 is 2.21 bits per heavy atom. The highest BCUT2D eigenvalue weighted by Crippen LogP contribution is 2.40. The van der Waals surface area contributed by atoms with E-state index in [2.05, 4.69) is 5.10 Å². The Hall–Kier alpha value is -0.910. The van der Waals surface area contributed by atoms with E-state index in [1.165, 1.54) is 0 Å². The van der Waals surface area contributed by atoms with Crippen molar-refractivity contribution in [3.05, 3.63) is 18.0 Å². The second-order valence-electron chi connectivity index (χ2n) is 5.84. The van der Waals surface area contributed by atoms with E-state index >= 15 is 0 Å². The Morgan fingerprint density at radius 1 is 1.42 bits per heavy atom. The molecule has 0 bridgehead atoms. The van der Waals surface area contributed by atoms with Crippen LogP contribution in [0.3, 0.4) is 0 Å². The van der Waals surface area contributed by atoms with Crippen molar-refractivity contribution in [3.63, 3.8) is 0 Å². The lowest BCUT2D eigenvalue weighted by molar-refractivity contribution is -0.149. The maximum absolute atomic E-state index is 6.41. The first-order valence-electron chi connectivity index (χ1n) is 7.15. The molecule has 2 saturated heterocycles. The van der Waals surface area contributed by atoms with Gasteiger partial charge >= 0.3 is 0 Å². The predicted octanol–water partition coefficient (Wildman–Crippen LogP) is 1.40. The fraction of sp³-hybridized carbons (Fsp3) is 0.786. The molecule has 1 aromatic heterocycles. The first-order chi connectivity index (χ1) is 9.19. The van der Waals surface area contributed by atoms with Gasteiger partial charge in [-0.1, -0.05) is 0 Å². The third kappa shape index (κ3) is 2.68. The van der Waals surface area contributed by atoms with Crippen LogP contribution in [-0.2, 0) is 16.5 Å². The number of aryl methyl sites for hydroxylation is 1. The summed E-state index contributed by atoms with van der Waals surface area (Å²) in [4.78, 5) is 0. The summed E-state index contributed by atoms with van der Waals surface area (Å²) in [5.74, 6) is 0.460. The number of hydrogen-bond donors (Lipinski definition) is 1. The number of aromatic nitrogens is 2. The number of hydrogen-bond acceptors (Lipinski definition) is 4. The Bertz CT molecular complexity index is 421. The minimum Gasteiger partial charge on any atom is -0.381 e. The van der Waals surface area contributed by atoms with Crippen LogP contribution in [0.4, 0.5) is 0 Å². The lowest BCUT2D eigenvalue weighted by atomic mass is 9.77. The number of nitrogens with two attached hydrogens (primary N) is 1. The molecule has 1 spiro atoms. The summed E-state index contributed by atoms with van der Waals surface area (Å²) in [6, 6.07) is 2.04. The van der Waals surface area contributed by atoms with Gasteiger partial charge in [-0.15, -0.1) is 0 Å². The third-order valence-electron chi connectivity index (χ3n) is 4.52. The monoisotopic (exact) mass is 265 g/mol. The van der Waals surface area contributed by atoms with Crippen LogP contribution in [0.1, 0.15) is 37.4 Å². The van der Waals surface area contributed by atoms with E-state index in [1.54, 1.807) is 0 Å². The van der Waals surface area contributed by atoms with Crippen LogP contribution in [0.25, 0.3) is 0 Å². The summed E-state index contributed by atoms with van der Waals surface area (Å²) in [7, 11) is 1.93. The fourth-order valence-corrected chi connectivity index (χ4v) is 3.32. The lowest BCUT2D eigenvalue weighted by Gasteiger charge is -2.44. The van der Waals surface area contributed by atoms with Gasteiger partial charge in [0, 0.05) is 33.1 Å². The molecule has 1 aromatic rings. The zero-order valence-electron chi connectivity index (χ0n) is 11.5. The largest absolute Gasteiger partial charge is 0.381 e. The molecule has 0 aromatic carbocycles. The SMILES string of the molecule is Cn1ccc(C(N)C2CCOC3(CCOCC3)C2)n1. The average Bonchev–Trinajstić information content (AvgIpc) is 2.85. The molecule has 0 radical (unpaired) electrons. The van der Waals surface area contributed by atoms with Crippen molar-refractivity contribution in [1.29, 1.82) is 0 Å². The molecule has 2 fully saturated rings. The molecule has 2 unspecified atom stereocenters. The van der Waals surface area contributed by atoms with Crippen molar-refractivity contribution >= 4 is 0 Å². The summed E-state index contributed by atoms with van der Waals surface area (Å²) in [6.07, 6.45) is 6.02. The van der Waals surface area contributed by atoms with E-state index in [9.17, 15) is 0 Å². The van der Waals surface area contributed by atoms with Crippen molar-refractivity contribution in [2.24, 2.45) is 18.7 Å². The van der Waals surface area contributed by atoms with Crippen LogP contribution in [0.2, 0.25) is 0 Å². The summed E-state index contributed by atoms with van der Waals surface area (Å²) in [5, 5.41) is 4.45. The highest BCUT2D eigenvalue weighted by molar-refractivity contribution is 5.07. The third-order valence-corrected chi connectivity index (χ3v) is 4.52. The minimum atomic E-state index is 0.00751. The van der Waals surface area contributed by atoms with Gasteiger partial charge in [0.25, 0.3) is 0 Å². The second kappa shape index (κ2) is 5.23. The summed E-state index contributed by atoms with van der Waals surface area (Å²) in [5.41, 5.74) is 7.41. The van der Waals surface area contributed by atoms with Crippen molar-refractivity contribution in [2.75, 3.05) is 19.8 Å². The standard InChI is InChI=1S/C14H23N3O2/c1-17-6-2-12(16-17)13(15)11-3-7-19-14(10-11)4-8-18-9-5-14/h2,6,11,13H,3-5,7-10,15H2,1H3. The van der Waals surface area contributed by atoms with Gasteiger partial charge in [0.15, 0.2) is 0 Å². The van der Waals surface area contributed by atoms with Crippen LogP contribution < -0.4 is 5.73 Å². The highest BCUT2D eigenvalue weighted by Gasteiger charge is 2.41. The Morgan fingerprint density at radius 3 is 2.89 bits per heavy atom. The molecule has 0 aliphatic carbocycles. The predicted molar refractivity (Wildman–Crippen MR) is 71.6 cm³/mol. The van der Waals surface area contributed by atoms with E-state index < -0.39 is 0 Å². The van der Waals surface area contributed by atoms with Gasteiger partial charge in [-0.3, -0.25) is 4.68 Å². The second-order valence-corrected chi connectivity index (χ2v) is 5.84. The molecule has 0 amide bonds. The zero-order valence-corrected chi connectivity index (χ0v) is 11.5. The van der Waals surface area contributed by atoms with Crippen LogP contribution in [0.15, 0.2) is 12.3 Å². The quantitative estimate of drug-likeness (QED) is 0.878. The number of rotatable bonds is 2. The molecule has 2 aliphatic heterocycles. The normalized spacial score (nSPS) is 28.4. The lowest BCUT2D eigenvalue weighted by Crippen LogP contribution is -2.46. The molecule has 3 rings (SSSR count). The smallest absolute Gasteiger partial charge is 0.0794 e. The van der Waals surface area contributed by atoms with Crippen molar-refractivity contribution in [1.82, 2.24) is 9.78 Å². The summed E-state index contributed by atoms with van der Waals surface area (Å²) >= 11 is 0. The van der Waals surface area contributed by atoms with E-state index in [0.717, 1.165) is 51.2 Å². The molecular formula is C14H23N3O2. The molecule has 2 atom stereocenters. The van der Waals surface area contributed by atoms with Crippen molar-refractivity contribution in [3.8, 4) is 0 Å². The molecule has 0 saturated carbocycles. The van der Waals surface area contributed by atoms with E-state index in [4.69, 9.17) is 15.2 Å². The molecule has 3 heterocycles. The first-order valence-corrected chi connectivity index (χ1v) is 7.15. The molecule has 2 aliphatic rings. The van der Waals surface area contributed by atoms with Crippen LogP contribution in [0.5, 0.6) is 0 Å². The van der Waals surface area contributed by atoms with Crippen LogP contribution >= 0.6 is 0 Å². The van der Waals surface area contributed by atoms with Crippen LogP contribution in [0, 0.1) is 5.92 Å². The van der Waals surface area contributed by atoms with Gasteiger partial charge in [0.05, 0.1) is 17.3 Å². The Labute approximate surface area is 114 Å². The maximum atomic E-state index is 6.41. The average molecular weight is 265 g/mol. The van der Waals surface area contributed by atoms with Crippen molar-refractivity contribution < 1.29 is 9.47 Å². The van der Waals surface area contributed by atoms with Crippen LogP contribution in [-0.4, -0.2) is 35.2 Å². The summed E-state index contributed by atoms with van der Waals surface area (Å²) in [6.45, 7) is 2.43. The number of nitrogens with zero attached hydrogens (tertiary/aromatic N) is 2. The first kappa shape index (κ1) is 13.1. The van der Waals surface area contributed by atoms with Gasteiger partial charge in [-0.05, 0) is 37.7 Å². The minimum absolute atomic E-state index is 0.00751. The molecule has 5 heteroatoms. The molecule has 2 N–H and O–H groups in total. The summed E-state index contributed by atoms with van der Waals surface area (Å²) < 4.78 is 13.3. The van der Waals surface area contributed by atoms with Gasteiger partial charge in [0.1, 0.15) is 0 Å².